The van der Waals surface area contributed by atoms with Crippen molar-refractivity contribution < 1.29 is 14.4 Å². The molecular weight excluding hydrogens is 448 g/mol. The van der Waals surface area contributed by atoms with E-state index in [1.165, 1.54) is 6.92 Å². The van der Waals surface area contributed by atoms with Gasteiger partial charge in [0, 0.05) is 22.0 Å². The number of rotatable bonds is 3. The van der Waals surface area contributed by atoms with Crippen LogP contribution in [0.4, 0.5) is 11.4 Å². The molecule has 3 aromatic rings. The van der Waals surface area contributed by atoms with Crippen LogP contribution in [0.3, 0.4) is 0 Å². The molecule has 6 rings (SSSR count). The minimum Gasteiger partial charge on any atom is -0.352 e. The van der Waals surface area contributed by atoms with Gasteiger partial charge >= 0.3 is 0 Å². The highest BCUT2D eigenvalue weighted by Crippen LogP contribution is 2.57. The second-order valence-corrected chi connectivity index (χ2v) is 9.48. The van der Waals surface area contributed by atoms with Crippen LogP contribution in [-0.2, 0) is 15.0 Å². The molecule has 34 heavy (non-hydrogen) atoms. The van der Waals surface area contributed by atoms with Crippen LogP contribution >= 0.6 is 11.6 Å². The third-order valence-electron chi connectivity index (χ3n) is 7.35. The van der Waals surface area contributed by atoms with Gasteiger partial charge in [-0.3, -0.25) is 14.4 Å². The van der Waals surface area contributed by atoms with Crippen LogP contribution in [0.2, 0.25) is 5.02 Å². The van der Waals surface area contributed by atoms with Crippen LogP contribution in [0.15, 0.2) is 78.9 Å². The molecule has 3 aliphatic heterocycles. The van der Waals surface area contributed by atoms with Gasteiger partial charge in [-0.25, -0.2) is 0 Å². The van der Waals surface area contributed by atoms with Gasteiger partial charge in [0.1, 0.15) is 5.41 Å². The molecule has 4 atom stereocenters. The molecule has 0 aliphatic carbocycles. The smallest absolute Gasteiger partial charge is 0.238 e. The number of ketones is 2. The molecule has 0 radical (unpaired) electrons. The van der Waals surface area contributed by atoms with Crippen molar-refractivity contribution >= 4 is 46.5 Å². The largest absolute Gasteiger partial charge is 0.352 e. The summed E-state index contributed by atoms with van der Waals surface area (Å²) in [6.45, 7) is 1.50. The predicted octanol–water partition coefficient (Wildman–Crippen LogP) is 4.90. The molecular formula is C28H21ClN2O3. The average Bonchev–Trinajstić information content (AvgIpc) is 3.32. The van der Waals surface area contributed by atoms with Gasteiger partial charge in [-0.2, -0.15) is 0 Å². The lowest BCUT2D eigenvalue weighted by atomic mass is 9.64. The number of nitrogens with zero attached hydrogens (tertiary/aromatic N) is 1. The van der Waals surface area contributed by atoms with E-state index in [1.807, 2.05) is 59.5 Å². The molecule has 5 nitrogen and oxygen atoms in total. The Kier molecular flexibility index (Phi) is 4.55. The average molecular weight is 469 g/mol. The molecule has 1 fully saturated rings. The summed E-state index contributed by atoms with van der Waals surface area (Å²) in [6.07, 6.45) is 3.87. The lowest BCUT2D eigenvalue weighted by Gasteiger charge is -2.37. The number of anilines is 2. The van der Waals surface area contributed by atoms with E-state index in [9.17, 15) is 14.4 Å². The highest BCUT2D eigenvalue weighted by atomic mass is 35.5. The lowest BCUT2D eigenvalue weighted by Crippen LogP contribution is -2.51. The molecule has 3 heterocycles. The Hall–Kier alpha value is -3.70. The SMILES string of the molecule is CC(=O)[C@H]1[C@@H](C(=O)c2ccccc2)[C@]2(C(=O)Nc3ccccc32)[C@H]2C=Cc3cc(Cl)ccc3N12. The highest BCUT2D eigenvalue weighted by molar-refractivity contribution is 6.31. The van der Waals surface area contributed by atoms with E-state index in [0.29, 0.717) is 16.3 Å². The molecule has 1 saturated heterocycles. The monoisotopic (exact) mass is 468 g/mol. The maximum absolute atomic E-state index is 14.2. The van der Waals surface area contributed by atoms with E-state index < -0.39 is 23.4 Å². The Morgan fingerprint density at radius 2 is 1.74 bits per heavy atom. The second kappa shape index (κ2) is 7.40. The summed E-state index contributed by atoms with van der Waals surface area (Å²) < 4.78 is 0. The van der Waals surface area contributed by atoms with Gasteiger partial charge in [-0.15, -0.1) is 0 Å². The maximum Gasteiger partial charge on any atom is 0.238 e. The lowest BCUT2D eigenvalue weighted by molar-refractivity contribution is -0.122. The fourth-order valence-electron chi connectivity index (χ4n) is 6.09. The van der Waals surface area contributed by atoms with E-state index in [4.69, 9.17) is 11.6 Å². The molecule has 1 spiro atoms. The Balaban J connectivity index is 1.67. The van der Waals surface area contributed by atoms with E-state index in [1.54, 1.807) is 30.3 Å². The van der Waals surface area contributed by atoms with Crippen LogP contribution in [0.5, 0.6) is 0 Å². The van der Waals surface area contributed by atoms with E-state index >= 15 is 0 Å². The minimum atomic E-state index is -1.26. The third-order valence-corrected chi connectivity index (χ3v) is 7.59. The summed E-state index contributed by atoms with van der Waals surface area (Å²) in [5.41, 5.74) is 2.29. The first-order valence-electron chi connectivity index (χ1n) is 11.2. The van der Waals surface area contributed by atoms with Crippen molar-refractivity contribution in [2.24, 2.45) is 5.92 Å². The summed E-state index contributed by atoms with van der Waals surface area (Å²) >= 11 is 6.25. The van der Waals surface area contributed by atoms with Crippen molar-refractivity contribution in [3.05, 3.63) is 101 Å². The molecule has 3 aromatic carbocycles. The van der Waals surface area contributed by atoms with Gasteiger partial charge in [0.15, 0.2) is 11.6 Å². The zero-order chi connectivity index (χ0) is 23.6. The van der Waals surface area contributed by atoms with Crippen LogP contribution in [0.25, 0.3) is 6.08 Å². The number of para-hydroxylation sites is 1. The third kappa shape index (κ3) is 2.64. The fraction of sp³-hybridized carbons (Fsp3) is 0.179. The molecule has 0 bridgehead atoms. The van der Waals surface area contributed by atoms with Gasteiger partial charge in [-0.05, 0) is 42.3 Å². The molecule has 0 saturated carbocycles. The van der Waals surface area contributed by atoms with E-state index in [0.717, 1.165) is 16.8 Å². The zero-order valence-corrected chi connectivity index (χ0v) is 19.1. The molecule has 1 amide bonds. The van der Waals surface area contributed by atoms with Gasteiger partial charge in [0.05, 0.1) is 18.0 Å². The van der Waals surface area contributed by atoms with Gasteiger partial charge in [0.25, 0.3) is 0 Å². The number of hydrogen-bond acceptors (Lipinski definition) is 4. The Labute approximate surface area is 202 Å². The Morgan fingerprint density at radius 3 is 2.50 bits per heavy atom. The normalized spacial score (nSPS) is 26.1. The van der Waals surface area contributed by atoms with Crippen LogP contribution < -0.4 is 10.2 Å². The Bertz CT molecular complexity index is 1400. The van der Waals surface area contributed by atoms with Crippen molar-refractivity contribution in [2.45, 2.75) is 24.4 Å². The van der Waals surface area contributed by atoms with Crippen LogP contribution in [0, 0.1) is 5.92 Å². The summed E-state index contributed by atoms with van der Waals surface area (Å²) in [7, 11) is 0. The number of carbonyl (C=O) groups is 3. The van der Waals surface area contributed by atoms with E-state index in [-0.39, 0.29) is 17.5 Å². The topological polar surface area (TPSA) is 66.5 Å². The number of carbonyl (C=O) groups excluding carboxylic acids is 3. The van der Waals surface area contributed by atoms with Gasteiger partial charge in [0.2, 0.25) is 5.91 Å². The molecule has 0 unspecified atom stereocenters. The first-order chi connectivity index (χ1) is 16.4. The van der Waals surface area contributed by atoms with Gasteiger partial charge < -0.3 is 10.2 Å². The molecule has 1 N–H and O–H groups in total. The molecule has 168 valence electrons. The Morgan fingerprint density at radius 1 is 1.00 bits per heavy atom. The fourth-order valence-corrected chi connectivity index (χ4v) is 6.27. The molecule has 6 heteroatoms. The second-order valence-electron chi connectivity index (χ2n) is 9.05. The standard InChI is InChI=1S/C28H21ClN2O3/c1-16(32)25-24(26(33)17-7-3-2-4-8-17)28(20-9-5-6-10-21(20)30-27(28)34)23-14-11-18-15-19(29)12-13-22(18)31(23)25/h2-15,23-25H,1H3,(H,30,34)/t23-,24+,25+,28-/m1/s1. The summed E-state index contributed by atoms with van der Waals surface area (Å²) in [5, 5.41) is 3.59. The quantitative estimate of drug-likeness (QED) is 0.555. The predicted molar refractivity (Wildman–Crippen MR) is 132 cm³/mol. The number of Topliss-reactive ketones (excluding diaryl/α,β-unsaturated/α-hetero) is 2. The number of benzene rings is 3. The minimum absolute atomic E-state index is 0.162. The van der Waals surface area contributed by atoms with Crippen molar-refractivity contribution in [2.75, 3.05) is 10.2 Å². The van der Waals surface area contributed by atoms with Gasteiger partial charge in [-0.1, -0.05) is 72.3 Å². The highest BCUT2D eigenvalue weighted by Gasteiger charge is 2.69. The maximum atomic E-state index is 14.2. The van der Waals surface area contributed by atoms with Crippen molar-refractivity contribution in [1.29, 1.82) is 0 Å². The molecule has 0 aromatic heterocycles. The molecule has 3 aliphatic rings. The van der Waals surface area contributed by atoms with Crippen molar-refractivity contribution in [1.82, 2.24) is 0 Å². The van der Waals surface area contributed by atoms with Crippen molar-refractivity contribution in [3.63, 3.8) is 0 Å². The van der Waals surface area contributed by atoms with Crippen LogP contribution in [-0.4, -0.2) is 29.6 Å². The first-order valence-corrected chi connectivity index (χ1v) is 11.6. The zero-order valence-electron chi connectivity index (χ0n) is 18.4. The van der Waals surface area contributed by atoms with E-state index in [2.05, 4.69) is 5.32 Å². The number of nitrogens with one attached hydrogen (secondary N) is 1. The number of hydrogen-bond donors (Lipinski definition) is 1. The number of halogens is 1. The summed E-state index contributed by atoms with van der Waals surface area (Å²) in [4.78, 5) is 43.4. The van der Waals surface area contributed by atoms with Crippen LogP contribution in [0.1, 0.15) is 28.4 Å². The summed E-state index contributed by atoms with van der Waals surface area (Å²) in [6, 6.07) is 20.5. The summed E-state index contributed by atoms with van der Waals surface area (Å²) in [5.74, 6) is -1.55. The number of amides is 1. The number of fused-ring (bicyclic) bond motifs is 6. The van der Waals surface area contributed by atoms with Crippen molar-refractivity contribution in [3.8, 4) is 0 Å². The first kappa shape index (κ1) is 20.9.